The fourth-order valence-corrected chi connectivity index (χ4v) is 12.3. The van der Waals surface area contributed by atoms with E-state index in [0.717, 1.165) is 66.5 Å². The maximum absolute atomic E-state index is 14.5. The van der Waals surface area contributed by atoms with Crippen LogP contribution >= 0.6 is 0 Å². The fraction of sp³-hybridized carbons (Fsp3) is 0.475. The van der Waals surface area contributed by atoms with Crippen molar-refractivity contribution in [1.29, 1.82) is 0 Å². The van der Waals surface area contributed by atoms with Crippen LogP contribution in [-0.4, -0.2) is 86.3 Å². The molecule has 1 aromatic heterocycles. The van der Waals surface area contributed by atoms with E-state index in [0.29, 0.717) is 19.6 Å². The molecule has 3 aromatic carbocycles. The summed E-state index contributed by atoms with van der Waals surface area (Å²) in [6.07, 6.45) is 4.41. The molecule has 2 N–H and O–H groups in total. The van der Waals surface area contributed by atoms with E-state index in [1.807, 2.05) is 58.2 Å². The second-order valence-corrected chi connectivity index (χ2v) is 19.8. The second-order valence-electron chi connectivity index (χ2n) is 15.0. The minimum absolute atomic E-state index is 0.0225. The van der Waals surface area contributed by atoms with E-state index in [9.17, 15) is 9.90 Å². The number of carbonyl (C=O) groups is 1. The Morgan fingerprint density at radius 1 is 1.04 bits per heavy atom. The SMILES string of the molecule is COc1ccc([Si](C)(C)C(CCn2cc(CCO)nn2)[C@@H]2Oc3ccc(N4CN(c5ccccc5)C5(CCNCC5)C4=O)cc3[C@H](OC)[C@H]2C)cc1. The average molecular weight is 725 g/mol. The summed E-state index contributed by atoms with van der Waals surface area (Å²) in [6, 6.07) is 25.0. The number of aliphatic hydroxyl groups excluding tert-OH is 1. The van der Waals surface area contributed by atoms with E-state index >= 15 is 0 Å². The number of piperidine rings is 1. The zero-order valence-corrected chi connectivity index (χ0v) is 32.0. The highest BCUT2D eigenvalue weighted by molar-refractivity contribution is 6.91. The summed E-state index contributed by atoms with van der Waals surface area (Å²) in [5.41, 5.74) is 3.30. The van der Waals surface area contributed by atoms with Gasteiger partial charge in [0.15, 0.2) is 0 Å². The first-order chi connectivity index (χ1) is 25.2. The molecule has 1 spiro atoms. The van der Waals surface area contributed by atoms with E-state index in [1.54, 1.807) is 14.2 Å². The third kappa shape index (κ3) is 6.61. The molecule has 4 atom stereocenters. The van der Waals surface area contributed by atoms with Crippen LogP contribution in [0.3, 0.4) is 0 Å². The molecule has 276 valence electrons. The second kappa shape index (κ2) is 15.0. The maximum Gasteiger partial charge on any atom is 0.254 e. The smallest absolute Gasteiger partial charge is 0.254 e. The lowest BCUT2D eigenvalue weighted by molar-refractivity contribution is -0.122. The highest BCUT2D eigenvalue weighted by Crippen LogP contribution is 2.49. The first kappa shape index (κ1) is 36.1. The van der Waals surface area contributed by atoms with Gasteiger partial charge in [-0.3, -0.25) is 14.4 Å². The highest BCUT2D eigenvalue weighted by atomic mass is 28.3. The first-order valence-electron chi connectivity index (χ1n) is 18.5. The van der Waals surface area contributed by atoms with Gasteiger partial charge in [0.1, 0.15) is 23.1 Å². The quantitative estimate of drug-likeness (QED) is 0.197. The number of benzene rings is 3. The monoisotopic (exact) mass is 724 g/mol. The lowest BCUT2D eigenvalue weighted by atomic mass is 9.85. The normalized spacial score (nSPS) is 22.0. The summed E-state index contributed by atoms with van der Waals surface area (Å²) in [5, 5.41) is 22.8. The number of methoxy groups -OCH3 is 2. The van der Waals surface area contributed by atoms with Gasteiger partial charge in [0.2, 0.25) is 0 Å². The Bertz CT molecular complexity index is 1830. The van der Waals surface area contributed by atoms with Crippen molar-refractivity contribution in [3.63, 3.8) is 0 Å². The predicted molar refractivity (Wildman–Crippen MR) is 205 cm³/mol. The standard InChI is InChI=1S/C40H52N6O5Si/c1-28-37(50-3)34-25-31(45-27-46(30-9-7-6-8-10-30)40(39(45)48)19-21-41-22-20-40)11-16-35(34)51-38(28)36(17-23-44-26-29(18-24-47)42-43-44)52(4,5)33-14-12-32(49-2)13-15-33/h6-16,25-26,28,36-38,41,47H,17-24,27H2,1-5H3/t28-,36?,37-,38-/m1/s1. The molecule has 1 unspecified atom stereocenters. The molecule has 2 fully saturated rings. The minimum Gasteiger partial charge on any atom is -0.497 e. The third-order valence-corrected chi connectivity index (χ3v) is 16.1. The Labute approximate surface area is 307 Å². The van der Waals surface area contributed by atoms with Crippen molar-refractivity contribution < 1.29 is 24.1 Å². The van der Waals surface area contributed by atoms with Crippen LogP contribution in [0.15, 0.2) is 79.0 Å². The van der Waals surface area contributed by atoms with E-state index < -0.39 is 13.6 Å². The summed E-state index contributed by atoms with van der Waals surface area (Å²) >= 11 is 0. The van der Waals surface area contributed by atoms with Gasteiger partial charge in [0.05, 0.1) is 33.7 Å². The first-order valence-corrected chi connectivity index (χ1v) is 21.6. The Morgan fingerprint density at radius 2 is 1.79 bits per heavy atom. The Morgan fingerprint density at radius 3 is 2.48 bits per heavy atom. The Kier molecular flexibility index (Phi) is 10.4. The predicted octanol–water partition coefficient (Wildman–Crippen LogP) is 4.92. The van der Waals surface area contributed by atoms with E-state index in [2.05, 4.69) is 70.9 Å². The molecule has 0 aliphatic carbocycles. The molecule has 3 aliphatic rings. The summed E-state index contributed by atoms with van der Waals surface area (Å²) in [7, 11) is 1.27. The van der Waals surface area contributed by atoms with Crippen molar-refractivity contribution in [3.8, 4) is 11.5 Å². The van der Waals surface area contributed by atoms with Crippen molar-refractivity contribution in [2.24, 2.45) is 5.92 Å². The van der Waals surface area contributed by atoms with Crippen LogP contribution in [0.1, 0.15) is 43.5 Å². The maximum atomic E-state index is 14.5. The van der Waals surface area contributed by atoms with Crippen LogP contribution in [0.4, 0.5) is 11.4 Å². The summed E-state index contributed by atoms with van der Waals surface area (Å²) < 4.78 is 20.8. The van der Waals surface area contributed by atoms with Crippen LogP contribution in [0.25, 0.3) is 0 Å². The van der Waals surface area contributed by atoms with Gasteiger partial charge in [0, 0.05) is 55.7 Å². The highest BCUT2D eigenvalue weighted by Gasteiger charge is 2.54. The number of para-hydroxylation sites is 1. The summed E-state index contributed by atoms with van der Waals surface area (Å²) in [5.74, 6) is 1.81. The van der Waals surface area contributed by atoms with Gasteiger partial charge in [-0.05, 0) is 80.4 Å². The number of aromatic nitrogens is 3. The molecule has 4 heterocycles. The zero-order chi connectivity index (χ0) is 36.5. The molecule has 7 rings (SSSR count). The topological polar surface area (TPSA) is 114 Å². The number of amides is 1. The van der Waals surface area contributed by atoms with Crippen molar-refractivity contribution in [2.45, 2.75) is 75.5 Å². The molecule has 1 amide bonds. The number of nitrogens with one attached hydrogen (secondary N) is 1. The van der Waals surface area contributed by atoms with Gasteiger partial charge in [-0.25, -0.2) is 0 Å². The third-order valence-electron chi connectivity index (χ3n) is 11.8. The molecular weight excluding hydrogens is 673 g/mol. The van der Waals surface area contributed by atoms with Crippen molar-refractivity contribution in [1.82, 2.24) is 20.3 Å². The summed E-state index contributed by atoms with van der Waals surface area (Å²) in [6.45, 7) is 9.90. The molecule has 11 nitrogen and oxygen atoms in total. The number of hydrogen-bond donors (Lipinski definition) is 2. The number of hydrogen-bond acceptors (Lipinski definition) is 9. The summed E-state index contributed by atoms with van der Waals surface area (Å²) in [4.78, 5) is 18.7. The van der Waals surface area contributed by atoms with Gasteiger partial charge in [-0.2, -0.15) is 0 Å². The van der Waals surface area contributed by atoms with Crippen molar-refractivity contribution in [2.75, 3.05) is 50.4 Å². The van der Waals surface area contributed by atoms with Crippen molar-refractivity contribution >= 4 is 30.5 Å². The lowest BCUT2D eigenvalue weighted by Gasteiger charge is -2.46. The van der Waals surface area contributed by atoms with Crippen LogP contribution < -0.4 is 29.8 Å². The van der Waals surface area contributed by atoms with E-state index in [-0.39, 0.29) is 36.2 Å². The molecule has 3 aliphatic heterocycles. The Hall–Kier alpha value is -4.23. The largest absolute Gasteiger partial charge is 0.497 e. The molecule has 2 saturated heterocycles. The number of carbonyl (C=O) groups excluding carboxylic acids is 1. The number of anilines is 2. The molecule has 4 aromatic rings. The number of ether oxygens (including phenoxy) is 3. The minimum atomic E-state index is -2.20. The van der Waals surface area contributed by atoms with Crippen LogP contribution in [0, 0.1) is 5.92 Å². The molecule has 12 heteroatoms. The van der Waals surface area contributed by atoms with Crippen LogP contribution in [0.5, 0.6) is 11.5 Å². The van der Waals surface area contributed by atoms with E-state index in [1.165, 1.54) is 5.19 Å². The van der Waals surface area contributed by atoms with Gasteiger partial charge < -0.3 is 29.5 Å². The molecule has 0 radical (unpaired) electrons. The fourth-order valence-electron chi connectivity index (χ4n) is 8.82. The van der Waals surface area contributed by atoms with Gasteiger partial charge in [-0.15, -0.1) is 5.10 Å². The Balaban J connectivity index is 1.21. The van der Waals surface area contributed by atoms with Crippen molar-refractivity contribution in [3.05, 3.63) is 90.3 Å². The number of nitrogens with zero attached hydrogens (tertiary/aromatic N) is 5. The lowest BCUT2D eigenvalue weighted by Crippen LogP contribution is -2.55. The van der Waals surface area contributed by atoms with E-state index in [4.69, 9.17) is 14.2 Å². The van der Waals surface area contributed by atoms with Crippen LogP contribution in [-0.2, 0) is 22.5 Å². The number of rotatable bonds is 12. The molecule has 0 bridgehead atoms. The molecular formula is C40H52N6O5Si. The zero-order valence-electron chi connectivity index (χ0n) is 31.0. The van der Waals surface area contributed by atoms with Gasteiger partial charge >= 0.3 is 0 Å². The number of fused-ring (bicyclic) bond motifs is 1. The average Bonchev–Trinajstić information content (AvgIpc) is 3.73. The van der Waals surface area contributed by atoms with Crippen LogP contribution in [0.2, 0.25) is 18.6 Å². The number of aryl methyl sites for hydroxylation is 1. The number of aliphatic hydroxyl groups is 1. The van der Waals surface area contributed by atoms with Gasteiger partial charge in [0.25, 0.3) is 5.91 Å². The molecule has 52 heavy (non-hydrogen) atoms. The van der Waals surface area contributed by atoms with Gasteiger partial charge in [-0.1, -0.05) is 60.7 Å². The molecule has 0 saturated carbocycles.